The molecule has 12 heavy (non-hydrogen) atoms. The van der Waals surface area contributed by atoms with Crippen LogP contribution < -0.4 is 0 Å². The summed E-state index contributed by atoms with van der Waals surface area (Å²) < 4.78 is 4.70. The number of ether oxygens (including phenoxy) is 1. The van der Waals surface area contributed by atoms with E-state index in [1.807, 2.05) is 30.3 Å². The van der Waals surface area contributed by atoms with Gasteiger partial charge in [0.25, 0.3) is 0 Å². The van der Waals surface area contributed by atoms with E-state index in [2.05, 4.69) is 6.42 Å². The number of hydrogen-bond acceptors (Lipinski definition) is 2. The van der Waals surface area contributed by atoms with Gasteiger partial charge in [0.15, 0.2) is 0 Å². The minimum Gasteiger partial charge on any atom is -0.465 e. The number of benzene rings is 1. The molecule has 2 nitrogen and oxygen atoms in total. The second-order valence-electron chi connectivity index (χ2n) is 2.32. The van der Waals surface area contributed by atoms with E-state index in [0.29, 0.717) is 0 Å². The zero-order valence-electron chi connectivity index (χ0n) is 6.91. The van der Waals surface area contributed by atoms with Crippen LogP contribution in [-0.4, -0.2) is 12.6 Å². The van der Waals surface area contributed by atoms with Crippen molar-refractivity contribution in [1.29, 1.82) is 0 Å². The maximum atomic E-state index is 10.4. The average Bonchev–Trinajstić information content (AvgIpc) is 2.05. The topological polar surface area (TPSA) is 26.3 Å². The molecule has 2 heteroatoms. The number of hydrogen-bond donors (Lipinski definition) is 0. The molecule has 0 bridgehead atoms. The van der Waals surface area contributed by atoms with Crippen LogP contribution in [0.4, 0.5) is 0 Å². The molecule has 0 amide bonds. The van der Waals surface area contributed by atoms with Gasteiger partial charge in [-0.3, -0.25) is 4.79 Å². The van der Waals surface area contributed by atoms with Crippen molar-refractivity contribution < 1.29 is 9.53 Å². The molecule has 0 unspecified atom stereocenters. The molecule has 0 N–H and O–H groups in total. The Bertz CT molecular complexity index is 241. The van der Waals surface area contributed by atoms with Crippen molar-refractivity contribution in [2.24, 2.45) is 0 Å². The summed E-state index contributed by atoms with van der Waals surface area (Å²) in [5.74, 6) is -0.279. The molecule has 2 radical (unpaired) electrons. The first-order chi connectivity index (χ1) is 5.79. The predicted molar refractivity (Wildman–Crippen MR) is 45.4 cm³/mol. The Morgan fingerprint density at radius 3 is 2.67 bits per heavy atom. The highest BCUT2D eigenvalue weighted by Gasteiger charge is 1.94. The highest BCUT2D eigenvalue weighted by molar-refractivity contribution is 5.66. The highest BCUT2D eigenvalue weighted by atomic mass is 16.5. The van der Waals surface area contributed by atoms with E-state index < -0.39 is 0 Å². The maximum absolute atomic E-state index is 10.4. The Hall–Kier alpha value is -1.31. The second kappa shape index (κ2) is 4.54. The second-order valence-corrected chi connectivity index (χ2v) is 2.32. The van der Waals surface area contributed by atoms with Gasteiger partial charge >= 0.3 is 5.97 Å². The minimum atomic E-state index is -0.279. The van der Waals surface area contributed by atoms with Gasteiger partial charge in [-0.1, -0.05) is 30.3 Å². The summed E-state index contributed by atoms with van der Waals surface area (Å²) in [6.07, 6.45) is 2.93. The van der Waals surface area contributed by atoms with Crippen LogP contribution in [0.25, 0.3) is 0 Å². The summed E-state index contributed by atoms with van der Waals surface area (Å²) in [5.41, 5.74) is 0.943. The van der Waals surface area contributed by atoms with Crippen LogP contribution >= 0.6 is 0 Å². The first-order valence-electron chi connectivity index (χ1n) is 3.71. The lowest BCUT2D eigenvalue weighted by molar-refractivity contribution is -0.139. The zero-order chi connectivity index (χ0) is 8.81. The molecule has 0 aliphatic carbocycles. The van der Waals surface area contributed by atoms with Gasteiger partial charge < -0.3 is 4.74 Å². The molecule has 0 atom stereocenters. The number of esters is 1. The summed E-state index contributed by atoms with van der Waals surface area (Å²) in [4.78, 5) is 10.4. The molecule has 0 aliphatic rings. The Balaban J connectivity index is 2.29. The van der Waals surface area contributed by atoms with Crippen LogP contribution in [0.3, 0.4) is 0 Å². The molecular formula is C10H10O2. The lowest BCUT2D eigenvalue weighted by Gasteiger charge is -1.99. The summed E-state index contributed by atoms with van der Waals surface area (Å²) in [5, 5.41) is 0. The van der Waals surface area contributed by atoms with Gasteiger partial charge in [0, 0.05) is 6.92 Å². The summed E-state index contributed by atoms with van der Waals surface area (Å²) in [6.45, 7) is 1.60. The Morgan fingerprint density at radius 2 is 2.08 bits per heavy atom. The quantitative estimate of drug-likeness (QED) is 0.632. The zero-order valence-corrected chi connectivity index (χ0v) is 6.91. The number of carbonyl (C=O) groups is 1. The minimum absolute atomic E-state index is 0.222. The molecule has 0 heterocycles. The lowest BCUT2D eigenvalue weighted by Crippen LogP contribution is -2.01. The molecule has 0 saturated carbocycles. The largest absolute Gasteiger partial charge is 0.465 e. The number of carbonyl (C=O) groups excluding carboxylic acids is 1. The Kier molecular flexibility index (Phi) is 3.33. The van der Waals surface area contributed by atoms with Gasteiger partial charge in [-0.05, 0) is 5.56 Å². The van der Waals surface area contributed by atoms with Crippen molar-refractivity contribution in [2.45, 2.75) is 6.92 Å². The summed E-state index contributed by atoms with van der Waals surface area (Å²) in [7, 11) is 0. The molecule has 0 saturated heterocycles. The molecule has 0 aromatic heterocycles. The van der Waals surface area contributed by atoms with Crippen LogP contribution in [-0.2, 0) is 9.53 Å². The fraction of sp³-hybridized carbons (Fsp3) is 0.200. The van der Waals surface area contributed by atoms with E-state index in [9.17, 15) is 4.79 Å². The summed E-state index contributed by atoms with van der Waals surface area (Å²) in [6, 6.07) is 9.57. The predicted octanol–water partition coefficient (Wildman–Crippen LogP) is 1.68. The maximum Gasteiger partial charge on any atom is 0.302 e. The van der Waals surface area contributed by atoms with Crippen LogP contribution in [0.1, 0.15) is 12.5 Å². The third-order valence-electron chi connectivity index (χ3n) is 1.33. The van der Waals surface area contributed by atoms with Gasteiger partial charge in [0.2, 0.25) is 0 Å². The van der Waals surface area contributed by atoms with Crippen LogP contribution in [0.15, 0.2) is 30.3 Å². The molecule has 0 spiro atoms. The molecule has 62 valence electrons. The van der Waals surface area contributed by atoms with Gasteiger partial charge in [-0.2, -0.15) is 0 Å². The fourth-order valence-corrected chi connectivity index (χ4v) is 0.777. The van der Waals surface area contributed by atoms with Gasteiger partial charge in [0.1, 0.15) is 6.61 Å². The SMILES string of the molecule is CC(=O)OC[C]c1ccccc1. The first-order valence-corrected chi connectivity index (χ1v) is 3.71. The van der Waals surface area contributed by atoms with Crippen molar-refractivity contribution in [3.8, 4) is 0 Å². The molecular weight excluding hydrogens is 152 g/mol. The Morgan fingerprint density at radius 1 is 1.42 bits per heavy atom. The van der Waals surface area contributed by atoms with Crippen LogP contribution in [0.2, 0.25) is 0 Å². The van der Waals surface area contributed by atoms with E-state index in [1.165, 1.54) is 6.92 Å². The van der Waals surface area contributed by atoms with Gasteiger partial charge in [-0.15, -0.1) is 0 Å². The van der Waals surface area contributed by atoms with Gasteiger partial charge in [-0.25, -0.2) is 0 Å². The van der Waals surface area contributed by atoms with E-state index in [1.54, 1.807) is 0 Å². The van der Waals surface area contributed by atoms with Gasteiger partial charge in [0.05, 0.1) is 6.42 Å². The normalized spacial score (nSPS) is 9.42. The van der Waals surface area contributed by atoms with Crippen molar-refractivity contribution in [3.63, 3.8) is 0 Å². The first kappa shape index (κ1) is 8.78. The molecule has 0 aliphatic heterocycles. The fourth-order valence-electron chi connectivity index (χ4n) is 0.777. The van der Waals surface area contributed by atoms with Crippen molar-refractivity contribution >= 4 is 5.97 Å². The smallest absolute Gasteiger partial charge is 0.302 e. The van der Waals surface area contributed by atoms with Crippen LogP contribution in [0.5, 0.6) is 0 Å². The van der Waals surface area contributed by atoms with Crippen molar-refractivity contribution in [3.05, 3.63) is 42.3 Å². The molecule has 1 aromatic rings. The molecule has 0 fully saturated rings. The third kappa shape index (κ3) is 3.19. The van der Waals surface area contributed by atoms with Crippen LogP contribution in [0, 0.1) is 6.42 Å². The lowest BCUT2D eigenvalue weighted by atomic mass is 10.2. The summed E-state index contributed by atoms with van der Waals surface area (Å²) >= 11 is 0. The van der Waals surface area contributed by atoms with Crippen molar-refractivity contribution in [1.82, 2.24) is 0 Å². The van der Waals surface area contributed by atoms with E-state index in [-0.39, 0.29) is 12.6 Å². The Labute approximate surface area is 72.2 Å². The third-order valence-corrected chi connectivity index (χ3v) is 1.33. The standard InChI is InChI=1S/C10H10O2/c1-9(11)12-8-7-10-5-3-2-4-6-10/h2-6H,8H2,1H3. The highest BCUT2D eigenvalue weighted by Crippen LogP contribution is 2.01. The van der Waals surface area contributed by atoms with E-state index >= 15 is 0 Å². The van der Waals surface area contributed by atoms with E-state index in [0.717, 1.165) is 5.56 Å². The molecule has 1 aromatic carbocycles. The molecule has 1 rings (SSSR count). The van der Waals surface area contributed by atoms with Crippen molar-refractivity contribution in [2.75, 3.05) is 6.61 Å². The number of rotatable bonds is 3. The average molecular weight is 162 g/mol. The monoisotopic (exact) mass is 162 g/mol. The van der Waals surface area contributed by atoms with E-state index in [4.69, 9.17) is 4.74 Å².